The third-order valence-electron chi connectivity index (χ3n) is 4.28. The molecule has 0 unspecified atom stereocenters. The first-order valence-corrected chi connectivity index (χ1v) is 9.17. The maximum atomic E-state index is 12.5. The zero-order valence-corrected chi connectivity index (χ0v) is 16.7. The Balaban J connectivity index is 1.98. The van der Waals surface area contributed by atoms with Gasteiger partial charge in [0.05, 0.1) is 13.0 Å². The number of pyridine rings is 1. The lowest BCUT2D eigenvalue weighted by Crippen LogP contribution is -2.34. The minimum absolute atomic E-state index is 0.136. The van der Waals surface area contributed by atoms with Crippen molar-refractivity contribution < 1.29 is 28.9 Å². The van der Waals surface area contributed by atoms with Gasteiger partial charge in [-0.3, -0.25) is 9.59 Å². The van der Waals surface area contributed by atoms with E-state index in [1.807, 2.05) is 18.2 Å². The van der Waals surface area contributed by atoms with E-state index in [4.69, 9.17) is 14.2 Å². The molecule has 3 atom stereocenters. The molecule has 1 N–H and O–H groups in total. The number of esters is 1. The summed E-state index contributed by atoms with van der Waals surface area (Å²) in [6.45, 7) is 7.03. The lowest BCUT2D eigenvalue weighted by Gasteiger charge is -2.23. The maximum Gasteiger partial charge on any atom is 0.309 e. The van der Waals surface area contributed by atoms with E-state index in [1.54, 1.807) is 26.0 Å². The molecule has 0 aliphatic heterocycles. The van der Waals surface area contributed by atoms with Crippen LogP contribution in [0.3, 0.4) is 0 Å². The molecule has 2 aromatic rings. The second-order valence-corrected chi connectivity index (χ2v) is 6.51. The van der Waals surface area contributed by atoms with Crippen molar-refractivity contribution in [3.05, 3.63) is 60.9 Å². The van der Waals surface area contributed by atoms with Crippen LogP contribution < -0.4 is 9.47 Å². The summed E-state index contributed by atoms with van der Waals surface area (Å²) >= 11 is 0. The average Bonchev–Trinajstić information content (AvgIpc) is 2.72. The summed E-state index contributed by atoms with van der Waals surface area (Å²) in [5, 5.41) is 10.1. The molecule has 2 rings (SSSR count). The van der Waals surface area contributed by atoms with E-state index >= 15 is 0 Å². The van der Waals surface area contributed by atoms with Gasteiger partial charge in [-0.15, -0.1) is 0 Å². The van der Waals surface area contributed by atoms with E-state index in [0.29, 0.717) is 5.75 Å². The first-order chi connectivity index (χ1) is 13.9. The van der Waals surface area contributed by atoms with E-state index in [0.717, 1.165) is 0 Å². The van der Waals surface area contributed by atoms with Crippen molar-refractivity contribution in [1.82, 2.24) is 4.98 Å². The Labute approximate surface area is 169 Å². The first kappa shape index (κ1) is 21.9. The molecule has 1 aromatic carbocycles. The summed E-state index contributed by atoms with van der Waals surface area (Å²) in [6, 6.07) is 10.6. The quantitative estimate of drug-likeness (QED) is 0.371. The fourth-order valence-electron chi connectivity index (χ4n) is 2.63. The normalized spacial score (nSPS) is 13.6. The highest BCUT2D eigenvalue weighted by atomic mass is 16.6. The number of ketones is 1. The minimum Gasteiger partial charge on any atom is -0.503 e. The molecule has 0 aliphatic rings. The van der Waals surface area contributed by atoms with E-state index in [1.165, 1.54) is 25.4 Å². The molecule has 0 saturated carbocycles. The van der Waals surface area contributed by atoms with E-state index in [2.05, 4.69) is 11.6 Å². The zero-order valence-electron chi connectivity index (χ0n) is 16.7. The molecular weight excluding hydrogens is 374 g/mol. The average molecular weight is 399 g/mol. The van der Waals surface area contributed by atoms with Gasteiger partial charge in [-0.1, -0.05) is 31.7 Å². The van der Waals surface area contributed by atoms with E-state index in [-0.39, 0.29) is 23.6 Å². The Kier molecular flexibility index (Phi) is 7.77. The number of nitrogens with zero attached hydrogens (tertiary/aromatic N) is 1. The minimum atomic E-state index is -0.749. The Morgan fingerprint density at radius 2 is 1.90 bits per heavy atom. The molecule has 0 aliphatic carbocycles. The fraction of sp³-hybridized carbons (Fsp3) is 0.318. The molecule has 0 bridgehead atoms. The number of carbonyl (C=O) groups excluding carboxylic acids is 2. The van der Waals surface area contributed by atoms with Gasteiger partial charge >= 0.3 is 5.97 Å². The molecule has 0 spiro atoms. The van der Waals surface area contributed by atoms with Crippen LogP contribution in [0.2, 0.25) is 0 Å². The third-order valence-corrected chi connectivity index (χ3v) is 4.28. The number of methoxy groups -OCH3 is 1. The second-order valence-electron chi connectivity index (χ2n) is 6.51. The second kappa shape index (κ2) is 10.3. The van der Waals surface area contributed by atoms with Crippen molar-refractivity contribution >= 4 is 11.8 Å². The lowest BCUT2D eigenvalue weighted by atomic mass is 10.0. The van der Waals surface area contributed by atoms with Crippen LogP contribution >= 0.6 is 0 Å². The van der Waals surface area contributed by atoms with Crippen molar-refractivity contribution in [3.8, 4) is 17.2 Å². The highest BCUT2D eigenvalue weighted by molar-refractivity contribution is 5.99. The van der Waals surface area contributed by atoms with Gasteiger partial charge in [-0.2, -0.15) is 0 Å². The maximum absolute atomic E-state index is 12.5. The van der Waals surface area contributed by atoms with Gasteiger partial charge in [0, 0.05) is 18.7 Å². The van der Waals surface area contributed by atoms with Gasteiger partial charge in [0.1, 0.15) is 11.9 Å². The van der Waals surface area contributed by atoms with Gasteiger partial charge in [0.25, 0.3) is 0 Å². The number of rotatable bonds is 10. The summed E-state index contributed by atoms with van der Waals surface area (Å²) in [5.41, 5.74) is -0.148. The smallest absolute Gasteiger partial charge is 0.309 e. The van der Waals surface area contributed by atoms with Crippen LogP contribution in [0.5, 0.6) is 17.2 Å². The van der Waals surface area contributed by atoms with Crippen LogP contribution in [0.15, 0.2) is 55.3 Å². The number of carbonyl (C=O) groups is 2. The first-order valence-electron chi connectivity index (χ1n) is 9.17. The van der Waals surface area contributed by atoms with Crippen LogP contribution in [0.1, 0.15) is 30.8 Å². The largest absolute Gasteiger partial charge is 0.503 e. The van der Waals surface area contributed by atoms with Crippen molar-refractivity contribution in [2.24, 2.45) is 5.92 Å². The number of benzene rings is 1. The number of hydrogen-bond acceptors (Lipinski definition) is 7. The lowest BCUT2D eigenvalue weighted by molar-refractivity contribution is -0.154. The van der Waals surface area contributed by atoms with Crippen LogP contribution in [0.25, 0.3) is 0 Å². The fourth-order valence-corrected chi connectivity index (χ4v) is 2.63. The van der Waals surface area contributed by atoms with Crippen molar-refractivity contribution in [3.63, 3.8) is 0 Å². The monoisotopic (exact) mass is 399 g/mol. The van der Waals surface area contributed by atoms with Crippen molar-refractivity contribution in [2.45, 2.75) is 32.5 Å². The Bertz CT molecular complexity index is 852. The molecule has 1 aromatic heterocycles. The number of hydrogen-bond donors (Lipinski definition) is 1. The molecule has 29 heavy (non-hydrogen) atoms. The molecule has 7 heteroatoms. The van der Waals surface area contributed by atoms with Crippen LogP contribution in [-0.2, 0) is 9.53 Å². The van der Waals surface area contributed by atoms with Gasteiger partial charge < -0.3 is 19.3 Å². The molecule has 1 heterocycles. The zero-order chi connectivity index (χ0) is 21.4. The molecule has 7 nitrogen and oxygen atoms in total. The Morgan fingerprint density at radius 1 is 1.21 bits per heavy atom. The highest BCUT2D eigenvalue weighted by Gasteiger charge is 2.27. The molecule has 154 valence electrons. The van der Waals surface area contributed by atoms with Crippen molar-refractivity contribution in [2.75, 3.05) is 7.11 Å². The molecule has 0 fully saturated rings. The van der Waals surface area contributed by atoms with Crippen LogP contribution in [0, 0.1) is 5.92 Å². The number of para-hydroxylation sites is 1. The molecule has 0 saturated heterocycles. The number of aromatic nitrogens is 1. The number of Topliss-reactive ketones (excluding diaryl/α,β-unsaturated/α-hetero) is 1. The van der Waals surface area contributed by atoms with Gasteiger partial charge in [-0.05, 0) is 25.1 Å². The van der Waals surface area contributed by atoms with Gasteiger partial charge in [-0.25, -0.2) is 4.98 Å². The van der Waals surface area contributed by atoms with Gasteiger partial charge in [0.15, 0.2) is 29.1 Å². The molecule has 0 radical (unpaired) electrons. The Morgan fingerprint density at radius 3 is 2.52 bits per heavy atom. The summed E-state index contributed by atoms with van der Waals surface area (Å²) in [4.78, 5) is 28.8. The summed E-state index contributed by atoms with van der Waals surface area (Å²) in [6.07, 6.45) is 1.50. The third kappa shape index (κ3) is 5.81. The predicted octanol–water partition coefficient (Wildman–Crippen LogP) is 3.57. The topological polar surface area (TPSA) is 95.0 Å². The SMILES string of the molecule is C=C[C@H](OC(=O)[C@H](C)CC(=O)c1nccc(OC)c1O)[C@H](C)Oc1ccccc1. The number of ether oxygens (including phenoxy) is 3. The standard InChI is InChI=1S/C22H25NO6/c1-5-18(15(3)28-16-9-7-6-8-10-16)29-22(26)14(2)13-17(24)20-21(25)19(27-4)11-12-23-20/h5-12,14-15,18,25H,1,13H2,2-4H3/t14-,15+,18+/m1/s1. The van der Waals surface area contributed by atoms with E-state index in [9.17, 15) is 14.7 Å². The van der Waals surface area contributed by atoms with Crippen molar-refractivity contribution in [1.29, 1.82) is 0 Å². The predicted molar refractivity (Wildman–Crippen MR) is 107 cm³/mol. The highest BCUT2D eigenvalue weighted by Crippen LogP contribution is 2.29. The number of aromatic hydroxyl groups is 1. The van der Waals surface area contributed by atoms with Crippen LogP contribution in [-0.4, -0.2) is 41.2 Å². The molecule has 0 amide bonds. The Hall–Kier alpha value is -3.35. The summed E-state index contributed by atoms with van der Waals surface area (Å²) in [7, 11) is 1.37. The van der Waals surface area contributed by atoms with Gasteiger partial charge in [0.2, 0.25) is 0 Å². The van der Waals surface area contributed by atoms with E-state index < -0.39 is 29.9 Å². The summed E-state index contributed by atoms with van der Waals surface area (Å²) in [5.74, 6) is -1.39. The molecular formula is C22H25NO6. The van der Waals surface area contributed by atoms with Crippen LogP contribution in [0.4, 0.5) is 0 Å². The summed E-state index contributed by atoms with van der Waals surface area (Å²) < 4.78 is 16.2.